The molecule has 0 aromatic carbocycles. The van der Waals surface area contributed by atoms with E-state index in [0.717, 1.165) is 25.2 Å². The molecule has 1 aliphatic rings. The maximum absolute atomic E-state index is 9.32. The van der Waals surface area contributed by atoms with Gasteiger partial charge in [-0.05, 0) is 44.7 Å². The van der Waals surface area contributed by atoms with Gasteiger partial charge in [-0.3, -0.25) is 4.90 Å². The lowest BCUT2D eigenvalue weighted by Crippen LogP contribution is -2.61. The number of hydrogen-bond acceptors (Lipinski definition) is 3. The zero-order valence-corrected chi connectivity index (χ0v) is 12.1. The minimum Gasteiger partial charge on any atom is -0.411 e. The third-order valence-corrected chi connectivity index (χ3v) is 4.47. The normalized spacial score (nSPS) is 23.5. The highest BCUT2D eigenvalue weighted by molar-refractivity contribution is 5.93. The fourth-order valence-corrected chi connectivity index (χ4v) is 2.94. The molecule has 0 aliphatic carbocycles. The van der Waals surface area contributed by atoms with E-state index in [1.807, 2.05) is 0 Å². The minimum absolute atomic E-state index is 0.0713. The number of piperidine rings is 1. The summed E-state index contributed by atoms with van der Waals surface area (Å²) in [6, 6.07) is 0. The van der Waals surface area contributed by atoms with Gasteiger partial charge in [-0.25, -0.2) is 0 Å². The second-order valence-corrected chi connectivity index (χ2v) is 6.27. The summed E-state index contributed by atoms with van der Waals surface area (Å²) >= 11 is 0. The fraction of sp³-hybridized carbons (Fsp3) is 0.929. The van der Waals surface area contributed by atoms with Crippen LogP contribution in [0.1, 0.15) is 60.3 Å². The topological polar surface area (TPSA) is 35.8 Å². The second-order valence-electron chi connectivity index (χ2n) is 6.27. The first-order valence-corrected chi connectivity index (χ1v) is 6.84. The first kappa shape index (κ1) is 14.5. The molecule has 0 saturated carbocycles. The molecule has 0 aromatic heterocycles. The van der Waals surface area contributed by atoms with Crippen molar-refractivity contribution in [3.8, 4) is 0 Å². The fourth-order valence-electron chi connectivity index (χ4n) is 2.94. The summed E-state index contributed by atoms with van der Waals surface area (Å²) in [6.07, 6.45) is 4.65. The Labute approximate surface area is 106 Å². The number of nitrogens with zero attached hydrogens (tertiary/aromatic N) is 2. The van der Waals surface area contributed by atoms with Gasteiger partial charge in [-0.2, -0.15) is 0 Å². The molecule has 0 bridgehead atoms. The lowest BCUT2D eigenvalue weighted by molar-refractivity contribution is 0.0433. The van der Waals surface area contributed by atoms with E-state index in [1.54, 1.807) is 0 Å². The highest BCUT2D eigenvalue weighted by atomic mass is 16.4. The molecule has 17 heavy (non-hydrogen) atoms. The van der Waals surface area contributed by atoms with Crippen molar-refractivity contribution in [1.82, 2.24) is 4.90 Å². The van der Waals surface area contributed by atoms with Crippen molar-refractivity contribution < 1.29 is 5.21 Å². The lowest BCUT2D eigenvalue weighted by Gasteiger charge is -2.51. The van der Waals surface area contributed by atoms with Gasteiger partial charge in [0.1, 0.15) is 0 Å². The molecule has 3 nitrogen and oxygen atoms in total. The highest BCUT2D eigenvalue weighted by Crippen LogP contribution is 2.39. The summed E-state index contributed by atoms with van der Waals surface area (Å²) in [6.45, 7) is 13.3. The summed E-state index contributed by atoms with van der Waals surface area (Å²) in [5.41, 5.74) is 0.839. The largest absolute Gasteiger partial charge is 0.411 e. The highest BCUT2D eigenvalue weighted by Gasteiger charge is 2.46. The molecule has 1 unspecified atom stereocenters. The van der Waals surface area contributed by atoms with Gasteiger partial charge in [0.2, 0.25) is 0 Å². The predicted octanol–water partition coefficient (Wildman–Crippen LogP) is 3.52. The molecule has 3 heteroatoms. The van der Waals surface area contributed by atoms with Crippen LogP contribution in [0, 0.1) is 5.41 Å². The van der Waals surface area contributed by atoms with Crippen LogP contribution in [-0.2, 0) is 0 Å². The quantitative estimate of drug-likeness (QED) is 0.465. The number of hydrogen-bond donors (Lipinski definition) is 1. The van der Waals surface area contributed by atoms with Crippen LogP contribution in [0.15, 0.2) is 5.16 Å². The maximum Gasteiger partial charge on any atom is 0.0773 e. The van der Waals surface area contributed by atoms with Gasteiger partial charge >= 0.3 is 0 Å². The molecule has 1 saturated heterocycles. The standard InChI is InChI=1S/C14H28N2O/c1-6-12(15-17)14(5,13(2,3)4)16-10-8-7-9-11-16/h17H,6-11H2,1-5H3/b15-12+. The van der Waals surface area contributed by atoms with E-state index in [1.165, 1.54) is 19.3 Å². The molecule has 1 N–H and O–H groups in total. The van der Waals surface area contributed by atoms with Crippen molar-refractivity contribution in [3.05, 3.63) is 0 Å². The molecule has 0 radical (unpaired) electrons. The number of rotatable bonds is 3. The van der Waals surface area contributed by atoms with Gasteiger partial charge in [-0.15, -0.1) is 0 Å². The van der Waals surface area contributed by atoms with E-state index in [-0.39, 0.29) is 11.0 Å². The summed E-state index contributed by atoms with van der Waals surface area (Å²) < 4.78 is 0. The summed E-state index contributed by atoms with van der Waals surface area (Å²) in [5, 5.41) is 12.9. The molecule has 1 fully saturated rings. The first-order valence-electron chi connectivity index (χ1n) is 6.84. The summed E-state index contributed by atoms with van der Waals surface area (Å²) in [5.74, 6) is 0. The Morgan fingerprint density at radius 1 is 1.12 bits per heavy atom. The van der Waals surface area contributed by atoms with E-state index in [4.69, 9.17) is 0 Å². The average molecular weight is 240 g/mol. The van der Waals surface area contributed by atoms with Crippen molar-refractivity contribution >= 4 is 5.71 Å². The molecule has 0 aromatic rings. The smallest absolute Gasteiger partial charge is 0.0773 e. The van der Waals surface area contributed by atoms with Crippen molar-refractivity contribution in [1.29, 1.82) is 0 Å². The van der Waals surface area contributed by atoms with Crippen LogP contribution in [0.25, 0.3) is 0 Å². The summed E-state index contributed by atoms with van der Waals surface area (Å²) in [4.78, 5) is 2.51. The second kappa shape index (κ2) is 5.38. The SMILES string of the molecule is CC/C(=N\O)C(C)(N1CCCCC1)C(C)(C)C. The molecule has 1 atom stereocenters. The van der Waals surface area contributed by atoms with Crippen LogP contribution < -0.4 is 0 Å². The molecule has 0 spiro atoms. The van der Waals surface area contributed by atoms with Crippen LogP contribution in [0.2, 0.25) is 0 Å². The average Bonchev–Trinajstić information content (AvgIpc) is 2.30. The first-order chi connectivity index (χ1) is 7.87. The third-order valence-electron chi connectivity index (χ3n) is 4.47. The predicted molar refractivity (Wildman–Crippen MR) is 72.8 cm³/mol. The number of oxime groups is 1. The van der Waals surface area contributed by atoms with Gasteiger partial charge in [0.05, 0.1) is 11.3 Å². The summed E-state index contributed by atoms with van der Waals surface area (Å²) in [7, 11) is 0. The van der Waals surface area contributed by atoms with Crippen LogP contribution >= 0.6 is 0 Å². The van der Waals surface area contributed by atoms with E-state index in [2.05, 4.69) is 44.7 Å². The molecule has 1 rings (SSSR count). The van der Waals surface area contributed by atoms with Gasteiger partial charge < -0.3 is 5.21 Å². The van der Waals surface area contributed by atoms with Gasteiger partial charge in [0.25, 0.3) is 0 Å². The zero-order valence-electron chi connectivity index (χ0n) is 12.1. The van der Waals surface area contributed by atoms with Crippen LogP contribution in [0.3, 0.4) is 0 Å². The monoisotopic (exact) mass is 240 g/mol. The molecule has 100 valence electrons. The third kappa shape index (κ3) is 2.65. The Hall–Kier alpha value is -0.570. The van der Waals surface area contributed by atoms with Crippen molar-refractivity contribution in [3.63, 3.8) is 0 Å². The van der Waals surface area contributed by atoms with E-state index >= 15 is 0 Å². The maximum atomic E-state index is 9.32. The van der Waals surface area contributed by atoms with Gasteiger partial charge in [0, 0.05) is 0 Å². The van der Waals surface area contributed by atoms with E-state index in [0.29, 0.717) is 0 Å². The Morgan fingerprint density at radius 3 is 2.00 bits per heavy atom. The molecular formula is C14H28N2O. The van der Waals surface area contributed by atoms with Crippen molar-refractivity contribution in [2.24, 2.45) is 10.6 Å². The van der Waals surface area contributed by atoms with Crippen LogP contribution in [0.5, 0.6) is 0 Å². The van der Waals surface area contributed by atoms with Crippen LogP contribution in [-0.4, -0.2) is 34.4 Å². The minimum atomic E-state index is -0.142. The van der Waals surface area contributed by atoms with Gasteiger partial charge in [0.15, 0.2) is 0 Å². The molecule has 0 amide bonds. The zero-order chi connectivity index (χ0) is 13.1. The molecule has 1 aliphatic heterocycles. The van der Waals surface area contributed by atoms with Gasteiger partial charge in [-0.1, -0.05) is 39.3 Å². The Bertz CT molecular complexity index is 274. The van der Waals surface area contributed by atoms with E-state index < -0.39 is 0 Å². The lowest BCUT2D eigenvalue weighted by atomic mass is 9.69. The Balaban J connectivity index is 3.09. The number of likely N-dealkylation sites (tertiary alicyclic amines) is 1. The van der Waals surface area contributed by atoms with Crippen LogP contribution in [0.4, 0.5) is 0 Å². The molecule has 1 heterocycles. The van der Waals surface area contributed by atoms with Crippen molar-refractivity contribution in [2.75, 3.05) is 13.1 Å². The molecular weight excluding hydrogens is 212 g/mol. The Morgan fingerprint density at radius 2 is 1.65 bits per heavy atom. The van der Waals surface area contributed by atoms with Crippen molar-refractivity contribution in [2.45, 2.75) is 65.8 Å². The Kier molecular flexibility index (Phi) is 4.59. The van der Waals surface area contributed by atoms with E-state index in [9.17, 15) is 5.21 Å².